The second kappa shape index (κ2) is 34.9. The molecule has 0 saturated carbocycles. The van der Waals surface area contributed by atoms with Crippen molar-refractivity contribution in [3.8, 4) is 0 Å². The SMILES string of the molecule is CCCCCCCCCCCCCC/C=C/O[C@H](COC(=O)CCC/C=C\C/C=C\C/C=C\C/C=C\[C@@H](O)CCCC)COP(=O)(O)O. The van der Waals surface area contributed by atoms with Gasteiger partial charge in [0, 0.05) is 6.42 Å². The molecule has 0 amide bonds. The molecule has 0 aromatic carbocycles. The molecular formula is C39H69O8P. The second-order valence-corrected chi connectivity index (χ2v) is 13.7. The van der Waals surface area contributed by atoms with Crippen LogP contribution in [0.1, 0.15) is 155 Å². The molecule has 0 aliphatic rings. The van der Waals surface area contributed by atoms with Gasteiger partial charge in [-0.3, -0.25) is 9.32 Å². The number of phosphoric ester groups is 1. The van der Waals surface area contributed by atoms with Gasteiger partial charge in [-0.25, -0.2) is 4.57 Å². The maximum absolute atomic E-state index is 12.2. The fraction of sp³-hybridized carbons (Fsp3) is 0.718. The van der Waals surface area contributed by atoms with E-state index in [1.807, 2.05) is 24.3 Å². The number of unbranched alkanes of at least 4 members (excludes halogenated alkanes) is 14. The minimum atomic E-state index is -4.66. The van der Waals surface area contributed by atoms with E-state index in [2.05, 4.69) is 48.8 Å². The Morgan fingerprint density at radius 2 is 1.17 bits per heavy atom. The molecular weight excluding hydrogens is 627 g/mol. The molecule has 278 valence electrons. The number of hydrogen-bond donors (Lipinski definition) is 3. The number of aliphatic hydroxyl groups is 1. The van der Waals surface area contributed by atoms with E-state index in [1.54, 1.807) is 0 Å². The van der Waals surface area contributed by atoms with E-state index in [0.717, 1.165) is 64.2 Å². The molecule has 0 aromatic rings. The molecule has 0 rings (SSSR count). The number of hydrogen-bond acceptors (Lipinski definition) is 6. The molecule has 0 fully saturated rings. The van der Waals surface area contributed by atoms with Crippen LogP contribution in [0.2, 0.25) is 0 Å². The highest BCUT2D eigenvalue weighted by molar-refractivity contribution is 7.46. The second-order valence-electron chi connectivity index (χ2n) is 12.4. The standard InChI is InChI=1S/C39H69O8P/c1-3-5-7-8-9-10-11-12-15-18-21-24-27-30-34-45-38(36-47-48(42,43)44)35-46-39(41)33-29-26-23-20-17-14-13-16-19-22-25-28-32-37(40)31-6-4-2/h13-14,19-20,22-23,28,30,32,34,37-38,40H,3-12,15-18,21,24-27,29,31,33,35-36H2,1-2H3,(H2,42,43,44)/b14-13-,22-19-,23-20-,32-28-,34-30+/t37-,38+/m0/s1. The molecule has 8 nitrogen and oxygen atoms in total. The summed E-state index contributed by atoms with van der Waals surface area (Å²) in [6, 6.07) is 0. The van der Waals surface area contributed by atoms with E-state index in [1.165, 1.54) is 70.5 Å². The Bertz CT molecular complexity index is 921. The topological polar surface area (TPSA) is 123 Å². The molecule has 0 spiro atoms. The van der Waals surface area contributed by atoms with Crippen molar-refractivity contribution in [1.29, 1.82) is 0 Å². The van der Waals surface area contributed by atoms with Crippen molar-refractivity contribution in [1.82, 2.24) is 0 Å². The lowest BCUT2D eigenvalue weighted by atomic mass is 10.0. The molecule has 3 N–H and O–H groups in total. The highest BCUT2D eigenvalue weighted by atomic mass is 31.2. The van der Waals surface area contributed by atoms with Crippen LogP contribution in [-0.4, -0.2) is 46.3 Å². The predicted octanol–water partition coefficient (Wildman–Crippen LogP) is 10.7. The molecule has 48 heavy (non-hydrogen) atoms. The van der Waals surface area contributed by atoms with Crippen molar-refractivity contribution in [3.05, 3.63) is 60.9 Å². The zero-order valence-electron chi connectivity index (χ0n) is 30.2. The van der Waals surface area contributed by atoms with Gasteiger partial charge in [-0.05, 0) is 57.4 Å². The first-order valence-corrected chi connectivity index (χ1v) is 20.3. The zero-order chi connectivity index (χ0) is 35.4. The van der Waals surface area contributed by atoms with Crippen LogP contribution in [0.4, 0.5) is 0 Å². The molecule has 0 unspecified atom stereocenters. The van der Waals surface area contributed by atoms with Gasteiger partial charge in [-0.1, -0.05) is 146 Å². The van der Waals surface area contributed by atoms with Gasteiger partial charge in [0.25, 0.3) is 0 Å². The highest BCUT2D eigenvalue weighted by Gasteiger charge is 2.20. The normalized spacial score (nSPS) is 13.9. The number of aliphatic hydroxyl groups excluding tert-OH is 1. The average Bonchev–Trinajstić information content (AvgIpc) is 3.06. The van der Waals surface area contributed by atoms with Gasteiger partial charge in [-0.15, -0.1) is 0 Å². The van der Waals surface area contributed by atoms with Crippen molar-refractivity contribution in [2.45, 2.75) is 167 Å². The molecule has 0 bridgehead atoms. The lowest BCUT2D eigenvalue weighted by Crippen LogP contribution is -2.25. The number of rotatable bonds is 34. The van der Waals surface area contributed by atoms with Crippen LogP contribution in [0.15, 0.2) is 60.9 Å². The zero-order valence-corrected chi connectivity index (χ0v) is 31.1. The summed E-state index contributed by atoms with van der Waals surface area (Å²) in [4.78, 5) is 30.3. The third-order valence-corrected chi connectivity index (χ3v) is 8.22. The summed E-state index contributed by atoms with van der Waals surface area (Å²) in [7, 11) is -4.66. The maximum Gasteiger partial charge on any atom is 0.469 e. The Balaban J connectivity index is 4.04. The van der Waals surface area contributed by atoms with Gasteiger partial charge in [0.2, 0.25) is 0 Å². The maximum atomic E-state index is 12.2. The minimum absolute atomic E-state index is 0.145. The fourth-order valence-electron chi connectivity index (χ4n) is 4.85. The molecule has 0 radical (unpaired) electrons. The van der Waals surface area contributed by atoms with E-state index >= 15 is 0 Å². The molecule has 0 heterocycles. The lowest BCUT2D eigenvalue weighted by molar-refractivity contribution is -0.147. The van der Waals surface area contributed by atoms with Crippen LogP contribution in [0, 0.1) is 0 Å². The fourth-order valence-corrected chi connectivity index (χ4v) is 5.21. The minimum Gasteiger partial charge on any atom is -0.492 e. The van der Waals surface area contributed by atoms with Crippen LogP contribution >= 0.6 is 7.82 Å². The monoisotopic (exact) mass is 696 g/mol. The van der Waals surface area contributed by atoms with Crippen LogP contribution in [0.5, 0.6) is 0 Å². The third kappa shape index (κ3) is 36.9. The molecule has 0 saturated heterocycles. The Morgan fingerprint density at radius 3 is 1.75 bits per heavy atom. The van der Waals surface area contributed by atoms with Crippen molar-refractivity contribution < 1.29 is 38.3 Å². The first-order chi connectivity index (χ1) is 23.3. The lowest BCUT2D eigenvalue weighted by Gasteiger charge is -2.17. The van der Waals surface area contributed by atoms with E-state index in [4.69, 9.17) is 19.3 Å². The molecule has 2 atom stereocenters. The molecule has 0 aliphatic carbocycles. The third-order valence-electron chi connectivity index (χ3n) is 7.73. The van der Waals surface area contributed by atoms with Gasteiger partial charge < -0.3 is 24.4 Å². The van der Waals surface area contributed by atoms with Gasteiger partial charge >= 0.3 is 13.8 Å². The molecule has 9 heteroatoms. The summed E-state index contributed by atoms with van der Waals surface area (Å²) >= 11 is 0. The van der Waals surface area contributed by atoms with Gasteiger partial charge in [-0.2, -0.15) is 0 Å². The van der Waals surface area contributed by atoms with E-state index in [0.29, 0.717) is 6.42 Å². The Hall–Kier alpha value is -1.96. The quantitative estimate of drug-likeness (QED) is 0.0200. The largest absolute Gasteiger partial charge is 0.492 e. The first kappa shape index (κ1) is 46.0. The Kier molecular flexibility index (Phi) is 33.5. The molecule has 0 aliphatic heterocycles. The summed E-state index contributed by atoms with van der Waals surface area (Å²) in [5, 5.41) is 9.77. The van der Waals surface area contributed by atoms with E-state index < -0.39 is 13.9 Å². The van der Waals surface area contributed by atoms with Gasteiger partial charge in [0.1, 0.15) is 6.61 Å². The smallest absolute Gasteiger partial charge is 0.469 e. The summed E-state index contributed by atoms with van der Waals surface area (Å²) in [5.74, 6) is -0.384. The summed E-state index contributed by atoms with van der Waals surface area (Å²) < 4.78 is 26.6. The van der Waals surface area contributed by atoms with Gasteiger partial charge in [0.15, 0.2) is 6.10 Å². The number of carbonyl (C=O) groups excluding carboxylic acids is 1. The number of esters is 1. The van der Waals surface area contributed by atoms with Crippen LogP contribution in [0.3, 0.4) is 0 Å². The van der Waals surface area contributed by atoms with E-state index in [9.17, 15) is 14.5 Å². The van der Waals surface area contributed by atoms with Crippen molar-refractivity contribution in [3.63, 3.8) is 0 Å². The van der Waals surface area contributed by atoms with Crippen molar-refractivity contribution >= 4 is 13.8 Å². The number of ether oxygens (including phenoxy) is 2. The first-order valence-electron chi connectivity index (χ1n) is 18.7. The van der Waals surface area contributed by atoms with Crippen LogP contribution in [-0.2, 0) is 23.4 Å². The Labute approximate surface area is 293 Å². The van der Waals surface area contributed by atoms with Crippen LogP contribution in [0.25, 0.3) is 0 Å². The van der Waals surface area contributed by atoms with Gasteiger partial charge in [0.05, 0.1) is 19.0 Å². The highest BCUT2D eigenvalue weighted by Crippen LogP contribution is 2.35. The number of allylic oxidation sites excluding steroid dienone is 8. The van der Waals surface area contributed by atoms with Crippen molar-refractivity contribution in [2.24, 2.45) is 0 Å². The predicted molar refractivity (Wildman–Crippen MR) is 198 cm³/mol. The summed E-state index contributed by atoms with van der Waals surface area (Å²) in [6.45, 7) is 3.84. The number of carbonyl (C=O) groups is 1. The van der Waals surface area contributed by atoms with E-state index in [-0.39, 0.29) is 31.7 Å². The van der Waals surface area contributed by atoms with Crippen molar-refractivity contribution in [2.75, 3.05) is 13.2 Å². The summed E-state index contributed by atoms with van der Waals surface area (Å²) in [5.41, 5.74) is 0. The Morgan fingerprint density at radius 1 is 0.646 bits per heavy atom. The van der Waals surface area contributed by atoms with Crippen LogP contribution < -0.4 is 0 Å². The summed E-state index contributed by atoms with van der Waals surface area (Å²) in [6.07, 6.45) is 42.2. The molecule has 0 aromatic heterocycles. The average molecular weight is 697 g/mol. The number of phosphoric acid groups is 1.